The largest absolute Gasteiger partial charge is 0.445 e. The van der Waals surface area contributed by atoms with Crippen molar-refractivity contribution in [1.82, 2.24) is 4.90 Å². The van der Waals surface area contributed by atoms with E-state index in [2.05, 4.69) is 12.2 Å². The summed E-state index contributed by atoms with van der Waals surface area (Å²) in [4.78, 5) is 14.2. The quantitative estimate of drug-likeness (QED) is 0.781. The highest BCUT2D eigenvalue weighted by molar-refractivity contribution is 5.69. The van der Waals surface area contributed by atoms with E-state index in [9.17, 15) is 4.79 Å². The molecule has 0 radical (unpaired) electrons. The second-order valence-electron chi connectivity index (χ2n) is 6.01. The maximum Gasteiger partial charge on any atom is 0.410 e. The van der Waals surface area contributed by atoms with Crippen LogP contribution >= 0.6 is 0 Å². The van der Waals surface area contributed by atoms with Crippen LogP contribution in [0.25, 0.3) is 0 Å². The van der Waals surface area contributed by atoms with E-state index in [1.54, 1.807) is 0 Å². The average molecular weight is 285 g/mol. The fourth-order valence-electron chi connectivity index (χ4n) is 3.43. The van der Waals surface area contributed by atoms with Crippen LogP contribution < -0.4 is 0 Å². The van der Waals surface area contributed by atoms with E-state index in [0.717, 1.165) is 5.56 Å². The fourth-order valence-corrected chi connectivity index (χ4v) is 3.43. The third-order valence-corrected chi connectivity index (χ3v) is 4.57. The van der Waals surface area contributed by atoms with Gasteiger partial charge in [-0.05, 0) is 24.3 Å². The van der Waals surface area contributed by atoms with Crippen molar-refractivity contribution < 1.29 is 9.53 Å². The van der Waals surface area contributed by atoms with E-state index in [4.69, 9.17) is 4.74 Å². The van der Waals surface area contributed by atoms with E-state index in [0.29, 0.717) is 19.1 Å². The molecule has 1 aromatic rings. The van der Waals surface area contributed by atoms with Crippen molar-refractivity contribution in [2.24, 2.45) is 5.92 Å². The van der Waals surface area contributed by atoms with Crippen molar-refractivity contribution in [2.75, 3.05) is 6.54 Å². The molecule has 1 aliphatic heterocycles. The highest BCUT2D eigenvalue weighted by atomic mass is 16.6. The molecule has 3 nitrogen and oxygen atoms in total. The van der Waals surface area contributed by atoms with Crippen LogP contribution in [0.4, 0.5) is 4.79 Å². The van der Waals surface area contributed by atoms with Gasteiger partial charge in [-0.15, -0.1) is 0 Å². The molecule has 0 N–H and O–H groups in total. The molecule has 0 unspecified atom stereocenters. The zero-order valence-electron chi connectivity index (χ0n) is 12.4. The molecular weight excluding hydrogens is 262 g/mol. The molecule has 0 saturated heterocycles. The van der Waals surface area contributed by atoms with Crippen molar-refractivity contribution in [3.05, 3.63) is 48.0 Å². The Balaban J connectivity index is 1.56. The van der Waals surface area contributed by atoms with Crippen LogP contribution in [0.3, 0.4) is 0 Å². The van der Waals surface area contributed by atoms with Crippen LogP contribution in [0.1, 0.15) is 37.7 Å². The Kier molecular flexibility index (Phi) is 4.59. The summed E-state index contributed by atoms with van der Waals surface area (Å²) in [5, 5.41) is 0. The van der Waals surface area contributed by atoms with E-state index in [1.807, 2.05) is 35.2 Å². The third-order valence-electron chi connectivity index (χ3n) is 4.57. The van der Waals surface area contributed by atoms with Crippen LogP contribution in [0.15, 0.2) is 42.5 Å². The van der Waals surface area contributed by atoms with Crippen molar-refractivity contribution in [3.63, 3.8) is 0 Å². The molecule has 1 amide bonds. The summed E-state index contributed by atoms with van der Waals surface area (Å²) in [6, 6.07) is 10.1. The van der Waals surface area contributed by atoms with Crippen molar-refractivity contribution >= 4 is 6.09 Å². The number of amides is 1. The van der Waals surface area contributed by atoms with Gasteiger partial charge in [0.05, 0.1) is 6.04 Å². The lowest BCUT2D eigenvalue weighted by Crippen LogP contribution is -2.41. The Hall–Kier alpha value is -1.77. The van der Waals surface area contributed by atoms with Gasteiger partial charge < -0.3 is 4.74 Å². The standard InChI is InChI=1S/C18H23NO2/c20-18(21-14-15-8-3-1-4-9-15)19-13-7-12-17(19)16-10-5-2-6-11-16/h1,3-4,7-9,12,16-17H,2,5-6,10-11,13-14H2/t17-/m1/s1. The minimum absolute atomic E-state index is 0.181. The number of carbonyl (C=O) groups excluding carboxylic acids is 1. The lowest BCUT2D eigenvalue weighted by molar-refractivity contribution is 0.0817. The first-order chi connectivity index (χ1) is 10.3. The van der Waals surface area contributed by atoms with Gasteiger partial charge >= 0.3 is 6.09 Å². The Labute approximate surface area is 126 Å². The number of hydrogen-bond donors (Lipinski definition) is 0. The molecule has 0 spiro atoms. The zero-order valence-corrected chi connectivity index (χ0v) is 12.4. The average Bonchev–Trinajstić information content (AvgIpc) is 3.04. The maximum atomic E-state index is 12.3. The van der Waals surface area contributed by atoms with Gasteiger partial charge in [0, 0.05) is 6.54 Å². The van der Waals surface area contributed by atoms with Gasteiger partial charge in [-0.1, -0.05) is 61.7 Å². The van der Waals surface area contributed by atoms with Gasteiger partial charge in [-0.25, -0.2) is 4.79 Å². The molecule has 1 atom stereocenters. The van der Waals surface area contributed by atoms with Crippen LogP contribution in [0.5, 0.6) is 0 Å². The number of nitrogens with zero attached hydrogens (tertiary/aromatic N) is 1. The monoisotopic (exact) mass is 285 g/mol. The fraction of sp³-hybridized carbons (Fsp3) is 0.500. The SMILES string of the molecule is O=C(OCc1ccccc1)N1CC=C[C@@H]1C1CCCCC1. The molecule has 21 heavy (non-hydrogen) atoms. The molecule has 0 aromatic heterocycles. The summed E-state index contributed by atoms with van der Waals surface area (Å²) in [6.07, 6.45) is 10.5. The normalized spacial score (nSPS) is 22.5. The Morgan fingerprint density at radius 1 is 1.14 bits per heavy atom. The minimum Gasteiger partial charge on any atom is -0.445 e. The molecule has 1 saturated carbocycles. The topological polar surface area (TPSA) is 29.5 Å². The number of hydrogen-bond acceptors (Lipinski definition) is 2. The van der Waals surface area contributed by atoms with Crippen LogP contribution in [-0.2, 0) is 11.3 Å². The van der Waals surface area contributed by atoms with Gasteiger partial charge in [0.1, 0.15) is 6.61 Å². The molecule has 1 aromatic carbocycles. The predicted octanol–water partition coefficient (Wildman–Crippen LogP) is 4.14. The Bertz CT molecular complexity index is 491. The highest BCUT2D eigenvalue weighted by Crippen LogP contribution is 2.31. The number of ether oxygens (including phenoxy) is 1. The van der Waals surface area contributed by atoms with Crippen molar-refractivity contribution in [3.8, 4) is 0 Å². The number of rotatable bonds is 3. The lowest BCUT2D eigenvalue weighted by Gasteiger charge is -2.33. The minimum atomic E-state index is -0.181. The van der Waals surface area contributed by atoms with E-state index < -0.39 is 0 Å². The Morgan fingerprint density at radius 2 is 1.90 bits per heavy atom. The number of benzene rings is 1. The highest BCUT2D eigenvalue weighted by Gasteiger charge is 2.32. The van der Waals surface area contributed by atoms with Gasteiger partial charge in [-0.2, -0.15) is 0 Å². The van der Waals surface area contributed by atoms with Gasteiger partial charge in [0.15, 0.2) is 0 Å². The second kappa shape index (κ2) is 6.79. The summed E-state index contributed by atoms with van der Waals surface area (Å²) in [6.45, 7) is 1.04. The number of carbonyl (C=O) groups is 1. The summed E-state index contributed by atoms with van der Waals surface area (Å²) < 4.78 is 5.48. The molecule has 2 aliphatic rings. The molecule has 0 bridgehead atoms. The molecule has 1 fully saturated rings. The van der Waals surface area contributed by atoms with E-state index in [-0.39, 0.29) is 12.1 Å². The summed E-state index contributed by atoms with van der Waals surface area (Å²) in [5.41, 5.74) is 1.03. The van der Waals surface area contributed by atoms with E-state index in [1.165, 1.54) is 32.1 Å². The van der Waals surface area contributed by atoms with Crippen LogP contribution in [0, 0.1) is 5.92 Å². The van der Waals surface area contributed by atoms with Crippen LogP contribution in [-0.4, -0.2) is 23.6 Å². The maximum absolute atomic E-state index is 12.3. The zero-order chi connectivity index (χ0) is 14.5. The smallest absolute Gasteiger partial charge is 0.410 e. The predicted molar refractivity (Wildman–Crippen MR) is 82.8 cm³/mol. The molecule has 3 heteroatoms. The first kappa shape index (κ1) is 14.2. The summed E-state index contributed by atoms with van der Waals surface area (Å²) in [5.74, 6) is 0.613. The van der Waals surface area contributed by atoms with Gasteiger partial charge in [0.2, 0.25) is 0 Å². The summed E-state index contributed by atoms with van der Waals surface area (Å²) in [7, 11) is 0. The summed E-state index contributed by atoms with van der Waals surface area (Å²) >= 11 is 0. The first-order valence-electron chi connectivity index (χ1n) is 7.98. The van der Waals surface area contributed by atoms with Gasteiger partial charge in [-0.3, -0.25) is 4.90 Å². The van der Waals surface area contributed by atoms with E-state index >= 15 is 0 Å². The lowest BCUT2D eigenvalue weighted by atomic mass is 9.84. The Morgan fingerprint density at radius 3 is 2.67 bits per heavy atom. The molecule has 1 heterocycles. The third kappa shape index (κ3) is 3.46. The molecular formula is C18H23NO2. The van der Waals surface area contributed by atoms with Crippen molar-refractivity contribution in [2.45, 2.75) is 44.8 Å². The van der Waals surface area contributed by atoms with Crippen LogP contribution in [0.2, 0.25) is 0 Å². The molecule has 112 valence electrons. The van der Waals surface area contributed by atoms with Gasteiger partial charge in [0.25, 0.3) is 0 Å². The van der Waals surface area contributed by atoms with Crippen molar-refractivity contribution in [1.29, 1.82) is 0 Å². The molecule has 3 rings (SSSR count). The molecule has 1 aliphatic carbocycles. The first-order valence-corrected chi connectivity index (χ1v) is 7.98. The second-order valence-corrected chi connectivity index (χ2v) is 6.01.